The van der Waals surface area contributed by atoms with E-state index >= 15 is 0 Å². The molecule has 58 heavy (non-hydrogen) atoms. The van der Waals surface area contributed by atoms with Crippen LogP contribution in [0.4, 0.5) is 17.1 Å². The van der Waals surface area contributed by atoms with E-state index in [1.54, 1.807) is 5.19 Å². The summed E-state index contributed by atoms with van der Waals surface area (Å²) in [4.78, 5) is 2.69. The highest BCUT2D eigenvalue weighted by Crippen LogP contribution is 2.46. The largest absolute Gasteiger partial charge is 0.311 e. The summed E-state index contributed by atoms with van der Waals surface area (Å²) in [5.74, 6) is 0. The molecule has 9 aromatic carbocycles. The average molecular weight is 775 g/mol. The van der Waals surface area contributed by atoms with Gasteiger partial charge in [-0.15, -0.1) is 0 Å². The highest BCUT2D eigenvalue weighted by molar-refractivity contribution is 7.08. The third kappa shape index (κ3) is 4.53. The van der Waals surface area contributed by atoms with Gasteiger partial charge in [-0.2, -0.15) is 0 Å². The highest BCUT2D eigenvalue weighted by atomic mass is 28.3. The number of hydrogen-bond donors (Lipinski definition) is 0. The molecule has 0 atom stereocenters. The molecule has 10 aromatic rings. The summed E-state index contributed by atoms with van der Waals surface area (Å²) in [6.45, 7) is 10.4. The molecule has 0 amide bonds. The molecule has 0 fully saturated rings. The van der Waals surface area contributed by atoms with E-state index in [1.807, 2.05) is 0 Å². The lowest BCUT2D eigenvalue weighted by molar-refractivity contribution is 1.18. The van der Waals surface area contributed by atoms with Gasteiger partial charge in [0.05, 0.1) is 11.0 Å². The lowest BCUT2D eigenvalue weighted by atomic mass is 9.97. The standard InChI is InChI=1S/C54H42N2Si2/c1-57(2)49-32-37(42-25-14-18-35-16-8-10-22-40(35)42)28-30-47(49)56-48-31-29-38(43-26-15-19-36-17-9-11-23-41(36)43)33-50(48)58(3,4)54-52-45(34-51(57)53(54)56)44-24-12-13-27-46(44)55(52)39-20-6-5-7-21-39/h5-34H,1-4H3. The smallest absolute Gasteiger partial charge is 0.120 e. The Hall–Kier alpha value is -6.47. The molecule has 2 aliphatic heterocycles. The monoisotopic (exact) mass is 774 g/mol. The molecular formula is C54H42N2Si2. The molecule has 276 valence electrons. The molecule has 2 nitrogen and oxygen atoms in total. The van der Waals surface area contributed by atoms with E-state index in [1.165, 1.54) is 104 Å². The fraction of sp³-hybridized carbons (Fsp3) is 0.0741. The van der Waals surface area contributed by atoms with Crippen molar-refractivity contribution in [3.63, 3.8) is 0 Å². The molecule has 4 heteroatoms. The quantitative estimate of drug-likeness (QED) is 0.162. The minimum atomic E-state index is -2.43. The van der Waals surface area contributed by atoms with Crippen LogP contribution in [0.3, 0.4) is 0 Å². The van der Waals surface area contributed by atoms with Gasteiger partial charge in [0.1, 0.15) is 16.1 Å². The Morgan fingerprint density at radius 1 is 0.397 bits per heavy atom. The maximum absolute atomic E-state index is 2.69. The minimum Gasteiger partial charge on any atom is -0.311 e. The van der Waals surface area contributed by atoms with Gasteiger partial charge in [0.25, 0.3) is 0 Å². The van der Waals surface area contributed by atoms with Crippen molar-refractivity contribution in [3.05, 3.63) is 182 Å². The van der Waals surface area contributed by atoms with Crippen molar-refractivity contribution in [2.45, 2.75) is 26.2 Å². The van der Waals surface area contributed by atoms with Crippen molar-refractivity contribution >= 4 is 97.3 Å². The summed E-state index contributed by atoms with van der Waals surface area (Å²) in [5.41, 5.74) is 13.1. The molecule has 0 unspecified atom stereocenters. The van der Waals surface area contributed by atoms with E-state index < -0.39 is 16.1 Å². The van der Waals surface area contributed by atoms with Crippen LogP contribution in [0.1, 0.15) is 0 Å². The second-order valence-corrected chi connectivity index (χ2v) is 26.0. The molecule has 0 spiro atoms. The van der Waals surface area contributed by atoms with Crippen LogP contribution in [0, 0.1) is 0 Å². The summed E-state index contributed by atoms with van der Waals surface area (Å²) in [7, 11) is -4.73. The van der Waals surface area contributed by atoms with E-state index in [0.717, 1.165) is 0 Å². The molecule has 0 N–H and O–H groups in total. The first-order valence-electron chi connectivity index (χ1n) is 20.5. The first-order valence-corrected chi connectivity index (χ1v) is 26.5. The Balaban J connectivity index is 1.21. The average Bonchev–Trinajstić information content (AvgIpc) is 3.59. The molecule has 1 aromatic heterocycles. The first kappa shape index (κ1) is 33.7. The minimum absolute atomic E-state index is 1.21. The maximum atomic E-state index is 2.69. The Morgan fingerprint density at radius 3 is 1.53 bits per heavy atom. The van der Waals surface area contributed by atoms with Crippen molar-refractivity contribution in [2.75, 3.05) is 4.90 Å². The van der Waals surface area contributed by atoms with Crippen LogP contribution in [0.25, 0.3) is 71.3 Å². The van der Waals surface area contributed by atoms with Gasteiger partial charge in [0.15, 0.2) is 0 Å². The fourth-order valence-electron chi connectivity index (χ4n) is 10.7. The summed E-state index contributed by atoms with van der Waals surface area (Å²) >= 11 is 0. The van der Waals surface area contributed by atoms with Gasteiger partial charge >= 0.3 is 0 Å². The molecule has 3 heterocycles. The Kier molecular flexibility index (Phi) is 6.98. The van der Waals surface area contributed by atoms with Gasteiger partial charge in [-0.3, -0.25) is 0 Å². The molecule has 0 radical (unpaired) electrons. The SMILES string of the molecule is C[Si]1(C)c2cc(-c3cccc4ccccc34)ccc2N2c3ccc(-c4cccc5ccccc45)cc3[Si](C)(C)c3c2c1cc1c2ccccc2n(-c2ccccc2)c31. The van der Waals surface area contributed by atoms with E-state index in [9.17, 15) is 0 Å². The Morgan fingerprint density at radius 2 is 0.914 bits per heavy atom. The van der Waals surface area contributed by atoms with Gasteiger partial charge < -0.3 is 9.47 Å². The van der Waals surface area contributed by atoms with Crippen molar-refractivity contribution in [2.24, 2.45) is 0 Å². The lowest BCUT2D eigenvalue weighted by Gasteiger charge is -2.49. The number of hydrogen-bond acceptors (Lipinski definition) is 1. The summed E-state index contributed by atoms with van der Waals surface area (Å²) < 4.78 is 2.58. The van der Waals surface area contributed by atoms with Crippen molar-refractivity contribution in [3.8, 4) is 27.9 Å². The number of nitrogens with zero attached hydrogens (tertiary/aromatic N) is 2. The second-order valence-electron chi connectivity index (χ2n) is 17.3. The number of rotatable bonds is 3. The van der Waals surface area contributed by atoms with E-state index in [2.05, 4.69) is 218 Å². The molecule has 2 aliphatic rings. The van der Waals surface area contributed by atoms with Gasteiger partial charge in [-0.25, -0.2) is 0 Å². The maximum Gasteiger partial charge on any atom is 0.120 e. The Bertz CT molecular complexity index is 3330. The second kappa shape index (κ2) is 12.0. The fourth-order valence-corrected chi connectivity index (χ4v) is 17.1. The summed E-state index contributed by atoms with van der Waals surface area (Å²) in [6.07, 6.45) is 0. The number of aromatic nitrogens is 1. The number of anilines is 3. The predicted octanol–water partition coefficient (Wildman–Crippen LogP) is 12.2. The molecular weight excluding hydrogens is 733 g/mol. The zero-order valence-corrected chi connectivity index (χ0v) is 35.2. The van der Waals surface area contributed by atoms with Gasteiger partial charge in [0, 0.05) is 33.5 Å². The summed E-state index contributed by atoms with van der Waals surface area (Å²) in [6, 6.07) is 68.7. The highest BCUT2D eigenvalue weighted by Gasteiger charge is 2.49. The first-order chi connectivity index (χ1) is 28.3. The number of benzene rings is 9. The van der Waals surface area contributed by atoms with E-state index in [-0.39, 0.29) is 0 Å². The van der Waals surface area contributed by atoms with E-state index in [4.69, 9.17) is 0 Å². The molecule has 0 saturated carbocycles. The normalized spacial score (nSPS) is 14.8. The zero-order chi connectivity index (χ0) is 38.9. The van der Waals surface area contributed by atoms with Crippen LogP contribution >= 0.6 is 0 Å². The summed E-state index contributed by atoms with van der Waals surface area (Å²) in [5, 5.41) is 13.9. The van der Waals surface area contributed by atoms with Gasteiger partial charge in [-0.05, 0) is 94.9 Å². The Labute approximate surface area is 341 Å². The van der Waals surface area contributed by atoms with Gasteiger partial charge in [0.2, 0.25) is 0 Å². The zero-order valence-electron chi connectivity index (χ0n) is 33.2. The third-order valence-electron chi connectivity index (χ3n) is 13.5. The third-order valence-corrected chi connectivity index (χ3v) is 20.4. The predicted molar refractivity (Wildman–Crippen MR) is 255 cm³/mol. The van der Waals surface area contributed by atoms with Crippen LogP contribution in [0.5, 0.6) is 0 Å². The molecule has 12 rings (SSSR count). The van der Waals surface area contributed by atoms with Crippen LogP contribution < -0.4 is 25.6 Å². The molecule has 0 bridgehead atoms. The number of para-hydroxylation sites is 2. The van der Waals surface area contributed by atoms with E-state index in [0.29, 0.717) is 0 Å². The van der Waals surface area contributed by atoms with Crippen molar-refractivity contribution in [1.82, 2.24) is 4.57 Å². The number of fused-ring (bicyclic) bond motifs is 10. The van der Waals surface area contributed by atoms with Crippen molar-refractivity contribution in [1.29, 1.82) is 0 Å². The lowest BCUT2D eigenvalue weighted by Crippen LogP contribution is -2.67. The molecule has 0 saturated heterocycles. The molecule has 0 aliphatic carbocycles. The van der Waals surface area contributed by atoms with Gasteiger partial charge in [-0.1, -0.05) is 178 Å². The van der Waals surface area contributed by atoms with Crippen LogP contribution in [-0.2, 0) is 0 Å². The topological polar surface area (TPSA) is 8.17 Å². The van der Waals surface area contributed by atoms with Crippen LogP contribution in [0.2, 0.25) is 26.2 Å². The van der Waals surface area contributed by atoms with Crippen molar-refractivity contribution < 1.29 is 0 Å². The van der Waals surface area contributed by atoms with Crippen LogP contribution in [0.15, 0.2) is 182 Å². The van der Waals surface area contributed by atoms with Crippen LogP contribution in [-0.4, -0.2) is 20.7 Å².